The zero-order valence-electron chi connectivity index (χ0n) is 12.7. The molecule has 0 unspecified atom stereocenters. The third-order valence-electron chi connectivity index (χ3n) is 4.27. The Kier molecular flexibility index (Phi) is 3.75. The van der Waals surface area contributed by atoms with Gasteiger partial charge >= 0.3 is 6.09 Å². The van der Waals surface area contributed by atoms with E-state index in [1.54, 1.807) is 7.11 Å². The number of methoxy groups -OCH3 is 1. The minimum absolute atomic E-state index is 0.189. The van der Waals surface area contributed by atoms with E-state index in [-0.39, 0.29) is 6.04 Å². The van der Waals surface area contributed by atoms with Crippen LogP contribution in [0.15, 0.2) is 30.5 Å². The molecule has 0 bridgehead atoms. The molecule has 1 fully saturated rings. The summed E-state index contributed by atoms with van der Waals surface area (Å²) in [5.41, 5.74) is 1.88. The lowest BCUT2D eigenvalue weighted by molar-refractivity contribution is 0.155. The van der Waals surface area contributed by atoms with Crippen LogP contribution in [0.1, 0.15) is 6.42 Å². The van der Waals surface area contributed by atoms with Crippen molar-refractivity contribution in [2.45, 2.75) is 12.5 Å². The minimum Gasteiger partial charge on any atom is -0.497 e. The van der Waals surface area contributed by atoms with Crippen molar-refractivity contribution >= 4 is 22.7 Å². The number of pyridine rings is 1. The largest absolute Gasteiger partial charge is 0.497 e. The maximum Gasteiger partial charge on any atom is 0.407 e. The molecule has 0 saturated carbocycles. The highest BCUT2D eigenvalue weighted by molar-refractivity contribution is 5.83. The number of hydrogen-bond acceptors (Lipinski definition) is 4. The number of aromatic nitrogens is 1. The Morgan fingerprint density at radius 3 is 2.95 bits per heavy atom. The minimum atomic E-state index is -0.848. The number of likely N-dealkylation sites (tertiary alicyclic amines) is 1. The molecule has 116 valence electrons. The van der Waals surface area contributed by atoms with E-state index >= 15 is 0 Å². The van der Waals surface area contributed by atoms with Crippen molar-refractivity contribution in [3.8, 4) is 5.75 Å². The molecular formula is C16H19N3O3. The summed E-state index contributed by atoms with van der Waals surface area (Å²) in [6.45, 7) is 1.12. The second-order valence-electron chi connectivity index (χ2n) is 5.53. The number of ether oxygens (including phenoxy) is 1. The van der Waals surface area contributed by atoms with Crippen LogP contribution in [0.25, 0.3) is 10.9 Å². The number of carboxylic acid groups (broad SMARTS) is 1. The van der Waals surface area contributed by atoms with E-state index in [2.05, 4.69) is 16.0 Å². The normalized spacial score (nSPS) is 17.7. The van der Waals surface area contributed by atoms with Gasteiger partial charge in [-0.25, -0.2) is 4.79 Å². The molecule has 0 spiro atoms. The van der Waals surface area contributed by atoms with Crippen LogP contribution in [0, 0.1) is 0 Å². The monoisotopic (exact) mass is 301 g/mol. The van der Waals surface area contributed by atoms with Crippen molar-refractivity contribution in [3.63, 3.8) is 0 Å². The molecule has 1 aliphatic rings. The number of carbonyl (C=O) groups is 1. The number of likely N-dealkylation sites (N-methyl/N-ethyl adjacent to an activating group) is 1. The molecule has 0 radical (unpaired) electrons. The van der Waals surface area contributed by atoms with Gasteiger partial charge in [0.25, 0.3) is 0 Å². The SMILES string of the molecule is COc1ccc2cc(N(C)[C@H]3CCN(C(=O)O)C3)cnc2c1. The van der Waals surface area contributed by atoms with Gasteiger partial charge in [-0.1, -0.05) is 0 Å². The summed E-state index contributed by atoms with van der Waals surface area (Å²) < 4.78 is 5.20. The number of benzene rings is 1. The van der Waals surface area contributed by atoms with Crippen LogP contribution in [0.3, 0.4) is 0 Å². The first-order valence-electron chi connectivity index (χ1n) is 7.23. The third-order valence-corrected chi connectivity index (χ3v) is 4.27. The summed E-state index contributed by atoms with van der Waals surface area (Å²) in [7, 11) is 3.62. The van der Waals surface area contributed by atoms with Crippen LogP contribution in [0.4, 0.5) is 10.5 Å². The van der Waals surface area contributed by atoms with Gasteiger partial charge in [0.1, 0.15) is 5.75 Å². The van der Waals surface area contributed by atoms with Crippen LogP contribution in [-0.2, 0) is 0 Å². The number of fused-ring (bicyclic) bond motifs is 1. The first kappa shape index (κ1) is 14.4. The van der Waals surface area contributed by atoms with E-state index in [0.29, 0.717) is 13.1 Å². The van der Waals surface area contributed by atoms with E-state index < -0.39 is 6.09 Å². The molecule has 6 heteroatoms. The number of anilines is 1. The van der Waals surface area contributed by atoms with Crippen molar-refractivity contribution in [3.05, 3.63) is 30.5 Å². The molecule has 2 heterocycles. The Balaban J connectivity index is 1.82. The van der Waals surface area contributed by atoms with Crippen LogP contribution in [0.2, 0.25) is 0 Å². The van der Waals surface area contributed by atoms with Crippen LogP contribution in [0.5, 0.6) is 5.75 Å². The van der Waals surface area contributed by atoms with Crippen molar-refractivity contribution in [1.29, 1.82) is 0 Å². The molecule has 1 amide bonds. The first-order valence-corrected chi connectivity index (χ1v) is 7.23. The van der Waals surface area contributed by atoms with E-state index in [9.17, 15) is 4.79 Å². The summed E-state index contributed by atoms with van der Waals surface area (Å²) in [5.74, 6) is 0.786. The zero-order chi connectivity index (χ0) is 15.7. The second-order valence-corrected chi connectivity index (χ2v) is 5.53. The molecular weight excluding hydrogens is 282 g/mol. The van der Waals surface area contributed by atoms with Gasteiger partial charge in [0, 0.05) is 37.6 Å². The molecule has 1 aliphatic heterocycles. The molecule has 1 aromatic carbocycles. The molecule has 22 heavy (non-hydrogen) atoms. The van der Waals surface area contributed by atoms with Gasteiger partial charge in [-0.3, -0.25) is 4.98 Å². The lowest BCUT2D eigenvalue weighted by Crippen LogP contribution is -2.36. The lowest BCUT2D eigenvalue weighted by atomic mass is 10.1. The van der Waals surface area contributed by atoms with Crippen molar-refractivity contribution in [2.24, 2.45) is 0 Å². The molecule has 0 aliphatic carbocycles. The van der Waals surface area contributed by atoms with Crippen molar-refractivity contribution in [1.82, 2.24) is 9.88 Å². The van der Waals surface area contributed by atoms with Gasteiger partial charge in [-0.2, -0.15) is 0 Å². The first-order chi connectivity index (χ1) is 10.6. The average molecular weight is 301 g/mol. The molecule has 1 atom stereocenters. The topological polar surface area (TPSA) is 65.9 Å². The summed E-state index contributed by atoms with van der Waals surface area (Å²) in [4.78, 5) is 19.1. The summed E-state index contributed by atoms with van der Waals surface area (Å²) in [6, 6.07) is 8.06. The van der Waals surface area contributed by atoms with Crippen LogP contribution in [-0.4, -0.2) is 54.4 Å². The van der Waals surface area contributed by atoms with Gasteiger partial charge in [-0.15, -0.1) is 0 Å². The predicted molar refractivity (Wildman–Crippen MR) is 84.7 cm³/mol. The Labute approximate surface area is 128 Å². The Morgan fingerprint density at radius 1 is 1.45 bits per heavy atom. The van der Waals surface area contributed by atoms with Crippen LogP contribution < -0.4 is 9.64 Å². The maximum absolute atomic E-state index is 11.0. The van der Waals surface area contributed by atoms with E-state index in [4.69, 9.17) is 9.84 Å². The van der Waals surface area contributed by atoms with Crippen molar-refractivity contribution in [2.75, 3.05) is 32.1 Å². The summed E-state index contributed by atoms with van der Waals surface area (Å²) >= 11 is 0. The molecule has 1 saturated heterocycles. The lowest BCUT2D eigenvalue weighted by Gasteiger charge is -2.26. The average Bonchev–Trinajstić information content (AvgIpc) is 3.03. The Hall–Kier alpha value is -2.50. The summed E-state index contributed by atoms with van der Waals surface area (Å²) in [5, 5.41) is 10.1. The smallest absolute Gasteiger partial charge is 0.407 e. The molecule has 6 nitrogen and oxygen atoms in total. The highest BCUT2D eigenvalue weighted by Crippen LogP contribution is 2.26. The third kappa shape index (κ3) is 2.64. The molecule has 1 N–H and O–H groups in total. The van der Waals surface area contributed by atoms with Gasteiger partial charge in [0.15, 0.2) is 0 Å². The maximum atomic E-state index is 11.0. The second kappa shape index (κ2) is 5.71. The van der Waals surface area contributed by atoms with E-state index in [1.807, 2.05) is 31.4 Å². The standard InChI is InChI=1S/C16H19N3O3/c1-18(12-5-6-19(10-12)16(20)21)13-7-11-3-4-14(22-2)8-15(11)17-9-13/h3-4,7-9,12H,5-6,10H2,1-2H3,(H,20,21)/t12-/m0/s1. The zero-order valence-corrected chi connectivity index (χ0v) is 12.7. The predicted octanol–water partition coefficient (Wildman–Crippen LogP) is 2.43. The molecule has 1 aromatic heterocycles. The Morgan fingerprint density at radius 2 is 2.27 bits per heavy atom. The fourth-order valence-electron chi connectivity index (χ4n) is 2.85. The van der Waals surface area contributed by atoms with Crippen LogP contribution >= 0.6 is 0 Å². The van der Waals surface area contributed by atoms with Gasteiger partial charge in [-0.05, 0) is 24.6 Å². The summed E-state index contributed by atoms with van der Waals surface area (Å²) in [6.07, 6.45) is 1.81. The highest BCUT2D eigenvalue weighted by Gasteiger charge is 2.28. The number of amides is 1. The number of rotatable bonds is 3. The quantitative estimate of drug-likeness (QED) is 0.943. The van der Waals surface area contributed by atoms with E-state index in [1.165, 1.54) is 4.90 Å². The molecule has 3 rings (SSSR count). The van der Waals surface area contributed by atoms with Crippen molar-refractivity contribution < 1.29 is 14.6 Å². The van der Waals surface area contributed by atoms with E-state index in [0.717, 1.165) is 28.8 Å². The number of nitrogens with zero attached hydrogens (tertiary/aromatic N) is 3. The fourth-order valence-corrected chi connectivity index (χ4v) is 2.85. The molecule has 2 aromatic rings. The fraction of sp³-hybridized carbons (Fsp3) is 0.375. The Bertz CT molecular complexity index is 704. The highest BCUT2D eigenvalue weighted by atomic mass is 16.5. The van der Waals surface area contributed by atoms with Gasteiger partial charge < -0.3 is 19.6 Å². The van der Waals surface area contributed by atoms with Gasteiger partial charge in [0.2, 0.25) is 0 Å². The van der Waals surface area contributed by atoms with Gasteiger partial charge in [0.05, 0.1) is 24.5 Å². The number of hydrogen-bond donors (Lipinski definition) is 1.